The van der Waals surface area contributed by atoms with Gasteiger partial charge >= 0.3 is 0 Å². The fraction of sp³-hybridized carbons (Fsp3) is 0.333. The molecule has 2 N–H and O–H groups in total. The summed E-state index contributed by atoms with van der Waals surface area (Å²) in [7, 11) is 5.73. The van der Waals surface area contributed by atoms with Crippen LogP contribution in [0.3, 0.4) is 0 Å². The number of piperazine rings is 1. The van der Waals surface area contributed by atoms with Gasteiger partial charge in [-0.3, -0.25) is 9.59 Å². The molecule has 8 nitrogen and oxygen atoms in total. The van der Waals surface area contributed by atoms with Gasteiger partial charge in [-0.05, 0) is 69.5 Å². The highest BCUT2D eigenvalue weighted by molar-refractivity contribution is 6.06. The van der Waals surface area contributed by atoms with E-state index in [2.05, 4.69) is 31.4 Å². The van der Waals surface area contributed by atoms with Crippen LogP contribution in [0.15, 0.2) is 72.8 Å². The van der Waals surface area contributed by atoms with Gasteiger partial charge in [-0.1, -0.05) is 30.3 Å². The van der Waals surface area contributed by atoms with Crippen molar-refractivity contribution in [3.8, 4) is 5.75 Å². The maximum absolute atomic E-state index is 13.3. The first-order chi connectivity index (χ1) is 18.5. The molecule has 3 aromatic carbocycles. The molecule has 3 aromatic rings. The summed E-state index contributed by atoms with van der Waals surface area (Å²) >= 11 is 0. The Morgan fingerprint density at radius 1 is 0.842 bits per heavy atom. The third-order valence-corrected chi connectivity index (χ3v) is 6.65. The van der Waals surface area contributed by atoms with Gasteiger partial charge in [0, 0.05) is 49.7 Å². The van der Waals surface area contributed by atoms with Crippen molar-refractivity contribution in [2.75, 3.05) is 75.6 Å². The second kappa shape index (κ2) is 13.0. The van der Waals surface area contributed by atoms with Crippen molar-refractivity contribution < 1.29 is 14.3 Å². The number of benzene rings is 3. The van der Waals surface area contributed by atoms with Crippen molar-refractivity contribution in [3.05, 3.63) is 83.9 Å². The second-order valence-corrected chi connectivity index (χ2v) is 9.61. The van der Waals surface area contributed by atoms with E-state index in [0.29, 0.717) is 23.4 Å². The minimum absolute atomic E-state index is 0.137. The number of para-hydroxylation sites is 2. The SMILES string of the molecule is COc1ccccc1N1CCN(c2ccc(NC(=O)c3ccccc3)cc2C(=O)NCCCN(C)C)CC1. The fourth-order valence-electron chi connectivity index (χ4n) is 4.64. The number of amides is 2. The molecule has 0 aromatic heterocycles. The zero-order chi connectivity index (χ0) is 26.9. The molecule has 0 bridgehead atoms. The van der Waals surface area contributed by atoms with E-state index in [9.17, 15) is 9.59 Å². The van der Waals surface area contributed by atoms with Crippen LogP contribution in [-0.4, -0.2) is 77.2 Å². The predicted octanol–water partition coefficient (Wildman–Crippen LogP) is 3.96. The molecule has 8 heteroatoms. The molecule has 2 amide bonds. The van der Waals surface area contributed by atoms with Crippen LogP contribution in [0.4, 0.5) is 17.1 Å². The third-order valence-electron chi connectivity index (χ3n) is 6.65. The molecule has 0 saturated carbocycles. The van der Waals surface area contributed by atoms with Crippen LogP contribution in [0.5, 0.6) is 5.75 Å². The number of methoxy groups -OCH3 is 1. The number of hydrogen-bond donors (Lipinski definition) is 2. The molecule has 1 aliphatic heterocycles. The van der Waals surface area contributed by atoms with Gasteiger partial charge in [-0.2, -0.15) is 0 Å². The van der Waals surface area contributed by atoms with E-state index in [1.807, 2.05) is 62.6 Å². The highest BCUT2D eigenvalue weighted by Crippen LogP contribution is 2.31. The molecule has 0 radical (unpaired) electrons. The summed E-state index contributed by atoms with van der Waals surface area (Å²) in [5, 5.41) is 6.00. The van der Waals surface area contributed by atoms with E-state index in [1.165, 1.54) is 0 Å². The number of hydrogen-bond acceptors (Lipinski definition) is 6. The quantitative estimate of drug-likeness (QED) is 0.398. The first-order valence-electron chi connectivity index (χ1n) is 13.0. The largest absolute Gasteiger partial charge is 0.495 e. The molecule has 4 rings (SSSR count). The number of nitrogens with zero attached hydrogens (tertiary/aromatic N) is 3. The average Bonchev–Trinajstić information content (AvgIpc) is 2.95. The van der Waals surface area contributed by atoms with Crippen LogP contribution < -0.4 is 25.2 Å². The molecule has 200 valence electrons. The summed E-state index contributed by atoms with van der Waals surface area (Å²) in [4.78, 5) is 32.7. The third kappa shape index (κ3) is 6.83. The molecule has 38 heavy (non-hydrogen) atoms. The van der Waals surface area contributed by atoms with Crippen molar-refractivity contribution >= 4 is 28.9 Å². The van der Waals surface area contributed by atoms with Gasteiger partial charge in [-0.25, -0.2) is 0 Å². The predicted molar refractivity (Wildman–Crippen MR) is 154 cm³/mol. The molecule has 1 saturated heterocycles. The van der Waals surface area contributed by atoms with Crippen molar-refractivity contribution in [2.24, 2.45) is 0 Å². The normalized spacial score (nSPS) is 13.4. The van der Waals surface area contributed by atoms with Gasteiger partial charge in [0.1, 0.15) is 5.75 Å². The maximum Gasteiger partial charge on any atom is 0.255 e. The fourth-order valence-corrected chi connectivity index (χ4v) is 4.64. The van der Waals surface area contributed by atoms with Gasteiger partial charge < -0.3 is 30.1 Å². The Hall–Kier alpha value is -4.04. The van der Waals surface area contributed by atoms with Gasteiger partial charge in [0.2, 0.25) is 0 Å². The first-order valence-corrected chi connectivity index (χ1v) is 13.0. The zero-order valence-electron chi connectivity index (χ0n) is 22.4. The minimum atomic E-state index is -0.207. The van der Waals surface area contributed by atoms with Gasteiger partial charge in [0.25, 0.3) is 11.8 Å². The lowest BCUT2D eigenvalue weighted by atomic mass is 10.1. The topological polar surface area (TPSA) is 77.1 Å². The summed E-state index contributed by atoms with van der Waals surface area (Å²) in [5.74, 6) is 0.514. The van der Waals surface area contributed by atoms with Gasteiger partial charge in [-0.15, -0.1) is 0 Å². The Morgan fingerprint density at radius 3 is 2.18 bits per heavy atom. The molecular formula is C30H37N5O3. The Bertz CT molecular complexity index is 1220. The van der Waals surface area contributed by atoms with Crippen LogP contribution in [-0.2, 0) is 0 Å². The molecule has 0 spiro atoms. The van der Waals surface area contributed by atoms with E-state index in [0.717, 1.165) is 56.3 Å². The molecule has 1 aliphatic rings. The number of ether oxygens (including phenoxy) is 1. The monoisotopic (exact) mass is 515 g/mol. The molecule has 1 heterocycles. The Kier molecular flexibility index (Phi) is 9.21. The van der Waals surface area contributed by atoms with Crippen LogP contribution >= 0.6 is 0 Å². The number of carbonyl (C=O) groups excluding carboxylic acids is 2. The maximum atomic E-state index is 13.3. The number of anilines is 3. The Labute approximate surface area is 225 Å². The Morgan fingerprint density at radius 2 is 1.50 bits per heavy atom. The highest BCUT2D eigenvalue weighted by Gasteiger charge is 2.24. The first kappa shape index (κ1) is 27.0. The number of rotatable bonds is 10. The van der Waals surface area contributed by atoms with Crippen molar-refractivity contribution in [1.82, 2.24) is 10.2 Å². The standard InChI is InChI=1S/C30H37N5O3/c1-33(2)17-9-16-31-30(37)25-22-24(32-29(36)23-10-5-4-6-11-23)14-15-26(25)34-18-20-35(21-19-34)27-12-7-8-13-28(27)38-3/h4-8,10-15,22H,9,16-21H2,1-3H3,(H,31,37)(H,32,36). The second-order valence-electron chi connectivity index (χ2n) is 9.61. The number of carbonyl (C=O) groups is 2. The molecule has 1 fully saturated rings. The van der Waals surface area contributed by atoms with Crippen LogP contribution in [0.25, 0.3) is 0 Å². The summed E-state index contributed by atoms with van der Waals surface area (Å²) in [5.41, 5.74) is 3.67. The van der Waals surface area contributed by atoms with Crippen molar-refractivity contribution in [3.63, 3.8) is 0 Å². The average molecular weight is 516 g/mol. The molecular weight excluding hydrogens is 478 g/mol. The van der Waals surface area contributed by atoms with Crippen LogP contribution in [0, 0.1) is 0 Å². The van der Waals surface area contributed by atoms with E-state index < -0.39 is 0 Å². The van der Waals surface area contributed by atoms with E-state index in [-0.39, 0.29) is 11.8 Å². The van der Waals surface area contributed by atoms with E-state index in [4.69, 9.17) is 4.74 Å². The smallest absolute Gasteiger partial charge is 0.255 e. The molecule has 0 atom stereocenters. The Balaban J connectivity index is 1.51. The van der Waals surface area contributed by atoms with Gasteiger partial charge in [0.05, 0.1) is 18.4 Å². The van der Waals surface area contributed by atoms with Gasteiger partial charge in [0.15, 0.2) is 0 Å². The lowest BCUT2D eigenvalue weighted by Gasteiger charge is -2.38. The van der Waals surface area contributed by atoms with E-state index >= 15 is 0 Å². The van der Waals surface area contributed by atoms with E-state index in [1.54, 1.807) is 25.3 Å². The number of nitrogens with one attached hydrogen (secondary N) is 2. The zero-order valence-corrected chi connectivity index (χ0v) is 22.4. The summed E-state index contributed by atoms with van der Waals surface area (Å²) in [6.07, 6.45) is 0.857. The van der Waals surface area contributed by atoms with Crippen molar-refractivity contribution in [2.45, 2.75) is 6.42 Å². The lowest BCUT2D eigenvalue weighted by molar-refractivity contribution is 0.0951. The molecule has 0 aliphatic carbocycles. The minimum Gasteiger partial charge on any atom is -0.495 e. The molecule has 0 unspecified atom stereocenters. The summed E-state index contributed by atoms with van der Waals surface area (Å²) in [6.45, 7) is 4.60. The lowest BCUT2D eigenvalue weighted by Crippen LogP contribution is -2.47. The summed E-state index contributed by atoms with van der Waals surface area (Å²) in [6, 6.07) is 22.7. The van der Waals surface area contributed by atoms with Crippen LogP contribution in [0.2, 0.25) is 0 Å². The summed E-state index contributed by atoms with van der Waals surface area (Å²) < 4.78 is 5.55. The van der Waals surface area contributed by atoms with Crippen molar-refractivity contribution in [1.29, 1.82) is 0 Å². The van der Waals surface area contributed by atoms with Crippen LogP contribution in [0.1, 0.15) is 27.1 Å². The highest BCUT2D eigenvalue weighted by atomic mass is 16.5.